The van der Waals surface area contributed by atoms with Gasteiger partial charge in [-0.05, 0) is 89.9 Å². The van der Waals surface area contributed by atoms with Crippen molar-refractivity contribution in [2.45, 2.75) is 252 Å². The molecule has 0 bridgehead atoms. The number of esters is 3. The van der Waals surface area contributed by atoms with E-state index in [-0.39, 0.29) is 31.1 Å². The first-order chi connectivity index (χ1) is 29.5. The highest BCUT2D eigenvalue weighted by atomic mass is 16.6. The Bertz CT molecular complexity index is 1100. The van der Waals surface area contributed by atoms with Crippen LogP contribution >= 0.6 is 0 Å². The van der Waals surface area contributed by atoms with Crippen molar-refractivity contribution in [2.75, 3.05) is 13.2 Å². The fourth-order valence-corrected chi connectivity index (χ4v) is 6.89. The predicted molar refractivity (Wildman–Crippen MR) is 256 cm³/mol. The molecule has 0 aliphatic carbocycles. The molecular weight excluding hydrogens is 745 g/mol. The smallest absolute Gasteiger partial charge is 0.306 e. The van der Waals surface area contributed by atoms with Crippen LogP contribution in [0.3, 0.4) is 0 Å². The van der Waals surface area contributed by atoms with Crippen molar-refractivity contribution < 1.29 is 28.6 Å². The van der Waals surface area contributed by atoms with Gasteiger partial charge in [0.05, 0.1) is 0 Å². The van der Waals surface area contributed by atoms with Crippen molar-refractivity contribution in [1.29, 1.82) is 0 Å². The highest BCUT2D eigenvalue weighted by Gasteiger charge is 2.19. The van der Waals surface area contributed by atoms with E-state index in [1.165, 1.54) is 103 Å². The van der Waals surface area contributed by atoms with Gasteiger partial charge >= 0.3 is 17.9 Å². The van der Waals surface area contributed by atoms with Crippen LogP contribution in [0.15, 0.2) is 60.8 Å². The Morgan fingerprint density at radius 2 is 0.600 bits per heavy atom. The van der Waals surface area contributed by atoms with Crippen LogP contribution < -0.4 is 0 Å². The molecule has 0 aromatic rings. The number of unbranched alkanes of at least 4 members (excludes halogenated alkanes) is 24. The lowest BCUT2D eigenvalue weighted by atomic mass is 10.1. The average molecular weight is 839 g/mol. The number of hydrogen-bond donors (Lipinski definition) is 0. The Hall–Kier alpha value is -2.89. The summed E-state index contributed by atoms with van der Waals surface area (Å²) in [5, 5.41) is 0. The van der Waals surface area contributed by atoms with E-state index < -0.39 is 6.10 Å². The lowest BCUT2D eigenvalue weighted by Crippen LogP contribution is -2.30. The summed E-state index contributed by atoms with van der Waals surface area (Å²) < 4.78 is 16.7. The van der Waals surface area contributed by atoms with E-state index in [0.717, 1.165) is 103 Å². The second kappa shape index (κ2) is 48.8. The van der Waals surface area contributed by atoms with Crippen molar-refractivity contribution >= 4 is 17.9 Å². The molecule has 6 nitrogen and oxygen atoms in total. The first-order valence-electron chi connectivity index (χ1n) is 25.3. The van der Waals surface area contributed by atoms with E-state index in [4.69, 9.17) is 14.2 Å². The molecule has 0 aliphatic rings. The van der Waals surface area contributed by atoms with E-state index >= 15 is 0 Å². The molecule has 6 heteroatoms. The zero-order valence-electron chi connectivity index (χ0n) is 39.5. The summed E-state index contributed by atoms with van der Waals surface area (Å²) in [5.74, 6) is -0.920. The van der Waals surface area contributed by atoms with Gasteiger partial charge in [0.25, 0.3) is 0 Å². The molecule has 0 aromatic carbocycles. The third-order valence-electron chi connectivity index (χ3n) is 10.7. The largest absolute Gasteiger partial charge is 0.462 e. The molecule has 0 aromatic heterocycles. The standard InChI is InChI=1S/C54H94O6/c1-4-7-10-13-16-18-20-22-24-25-26-27-28-29-31-32-34-36-38-41-44-47-53(56)59-50-51(49-58-52(55)46-43-40-15-12-9-6-3)60-54(57)48-45-42-39-37-35-33-30-23-21-19-17-14-11-8-5-2/h17,19-20,22-23,25-26,28-30,51H,4-16,18,21,24,27,31-50H2,1-3H3/b19-17-,22-20-,26-25-,29-28-,30-23-. The minimum absolute atomic E-state index is 0.0846. The van der Waals surface area contributed by atoms with E-state index in [1.807, 2.05) is 0 Å². The number of carbonyl (C=O) groups excluding carboxylic acids is 3. The van der Waals surface area contributed by atoms with Crippen LogP contribution in [0.5, 0.6) is 0 Å². The Morgan fingerprint density at radius 1 is 0.333 bits per heavy atom. The monoisotopic (exact) mass is 839 g/mol. The lowest BCUT2D eigenvalue weighted by molar-refractivity contribution is -0.167. The van der Waals surface area contributed by atoms with E-state index in [0.29, 0.717) is 19.3 Å². The average Bonchev–Trinajstić information content (AvgIpc) is 3.24. The highest BCUT2D eigenvalue weighted by molar-refractivity contribution is 5.71. The van der Waals surface area contributed by atoms with Crippen molar-refractivity contribution in [2.24, 2.45) is 0 Å². The minimum atomic E-state index is -0.783. The SMILES string of the molecule is CCCCC/C=C\C/C=C\CCCCCCCC(=O)OC(COC(=O)CCCCCCCC)COC(=O)CCCCCCCC/C=C\C/C=C\C/C=C\CCCCCCC. The molecule has 0 saturated carbocycles. The molecule has 0 rings (SSSR count). The maximum Gasteiger partial charge on any atom is 0.306 e. The third-order valence-corrected chi connectivity index (χ3v) is 10.7. The molecule has 0 aliphatic heterocycles. The number of allylic oxidation sites excluding steroid dienone is 10. The molecule has 0 fully saturated rings. The van der Waals surface area contributed by atoms with Crippen LogP contribution in [0.25, 0.3) is 0 Å². The molecule has 0 heterocycles. The maximum atomic E-state index is 12.7. The number of rotatable bonds is 45. The molecule has 346 valence electrons. The summed E-state index contributed by atoms with van der Waals surface area (Å²) in [7, 11) is 0. The van der Waals surface area contributed by atoms with E-state index in [9.17, 15) is 14.4 Å². The van der Waals surface area contributed by atoms with Gasteiger partial charge in [-0.25, -0.2) is 0 Å². The van der Waals surface area contributed by atoms with Crippen molar-refractivity contribution in [1.82, 2.24) is 0 Å². The summed E-state index contributed by atoms with van der Waals surface area (Å²) in [6.07, 6.45) is 59.4. The van der Waals surface area contributed by atoms with Crippen molar-refractivity contribution in [3.8, 4) is 0 Å². The number of hydrogen-bond acceptors (Lipinski definition) is 6. The summed E-state index contributed by atoms with van der Waals surface area (Å²) in [5.41, 5.74) is 0. The lowest BCUT2D eigenvalue weighted by Gasteiger charge is -2.18. The van der Waals surface area contributed by atoms with Crippen LogP contribution in [-0.2, 0) is 28.6 Å². The van der Waals surface area contributed by atoms with Crippen molar-refractivity contribution in [3.63, 3.8) is 0 Å². The fraction of sp³-hybridized carbons (Fsp3) is 0.759. The molecule has 0 spiro atoms. The van der Waals surface area contributed by atoms with Gasteiger partial charge in [0.2, 0.25) is 0 Å². The Morgan fingerprint density at radius 3 is 0.967 bits per heavy atom. The first-order valence-corrected chi connectivity index (χ1v) is 25.3. The summed E-state index contributed by atoms with van der Waals surface area (Å²) >= 11 is 0. The summed E-state index contributed by atoms with van der Waals surface area (Å²) in [6, 6.07) is 0. The second-order valence-electron chi connectivity index (χ2n) is 16.7. The summed E-state index contributed by atoms with van der Waals surface area (Å²) in [4.78, 5) is 37.7. The molecule has 1 unspecified atom stereocenters. The third kappa shape index (κ3) is 46.2. The van der Waals surface area contributed by atoms with Crippen molar-refractivity contribution in [3.05, 3.63) is 60.8 Å². The number of ether oxygens (including phenoxy) is 3. The zero-order chi connectivity index (χ0) is 43.7. The molecule has 0 radical (unpaired) electrons. The zero-order valence-corrected chi connectivity index (χ0v) is 39.5. The van der Waals surface area contributed by atoms with E-state index in [1.54, 1.807) is 0 Å². The van der Waals surface area contributed by atoms with Gasteiger partial charge in [0, 0.05) is 19.3 Å². The van der Waals surface area contributed by atoms with E-state index in [2.05, 4.69) is 81.5 Å². The fourth-order valence-electron chi connectivity index (χ4n) is 6.89. The second-order valence-corrected chi connectivity index (χ2v) is 16.7. The molecule has 0 N–H and O–H groups in total. The summed E-state index contributed by atoms with van der Waals surface area (Å²) in [6.45, 7) is 6.51. The van der Waals surface area contributed by atoms with Gasteiger partial charge in [-0.3, -0.25) is 14.4 Å². The Kier molecular flexibility index (Phi) is 46.4. The van der Waals surface area contributed by atoms with Gasteiger partial charge in [0.15, 0.2) is 6.10 Å². The topological polar surface area (TPSA) is 78.9 Å². The Labute approximate surface area is 370 Å². The van der Waals surface area contributed by atoms with Crippen LogP contribution in [0.2, 0.25) is 0 Å². The van der Waals surface area contributed by atoms with Crippen LogP contribution in [-0.4, -0.2) is 37.2 Å². The first kappa shape index (κ1) is 57.1. The molecule has 0 saturated heterocycles. The molecule has 60 heavy (non-hydrogen) atoms. The van der Waals surface area contributed by atoms with Gasteiger partial charge in [0.1, 0.15) is 13.2 Å². The number of carbonyl (C=O) groups is 3. The van der Waals surface area contributed by atoms with Gasteiger partial charge in [-0.15, -0.1) is 0 Å². The molecular formula is C54H94O6. The highest BCUT2D eigenvalue weighted by Crippen LogP contribution is 2.13. The predicted octanol–water partition coefficient (Wildman–Crippen LogP) is 16.5. The minimum Gasteiger partial charge on any atom is -0.462 e. The molecule has 1 atom stereocenters. The quantitative estimate of drug-likeness (QED) is 0.0263. The van der Waals surface area contributed by atoms with Crippen LogP contribution in [0.4, 0.5) is 0 Å². The maximum absolute atomic E-state index is 12.7. The molecule has 0 amide bonds. The normalized spacial score (nSPS) is 12.5. The van der Waals surface area contributed by atoms with Crippen LogP contribution in [0.1, 0.15) is 245 Å². The van der Waals surface area contributed by atoms with Gasteiger partial charge in [-0.1, -0.05) is 197 Å². The van der Waals surface area contributed by atoms with Crippen LogP contribution in [0, 0.1) is 0 Å². The van der Waals surface area contributed by atoms with Gasteiger partial charge in [-0.2, -0.15) is 0 Å². The van der Waals surface area contributed by atoms with Gasteiger partial charge < -0.3 is 14.2 Å². The Balaban J connectivity index is 4.25.